The summed E-state index contributed by atoms with van der Waals surface area (Å²) in [5.74, 6) is 1.98. The highest BCUT2D eigenvalue weighted by Gasteiger charge is 2.13. The second kappa shape index (κ2) is 10.4. The summed E-state index contributed by atoms with van der Waals surface area (Å²) in [6, 6.07) is 52.3. The standard InChI is InChI=1S/C37H25N3/c1-4-12-26(13-5-1)31-18-10-21-34-32(19-11-20-33(31)34)27-22-24-30(25-23-27)37-39-35(28-14-6-2-7-15-28)38-36(40-37)29-16-8-3-9-17-29/h1-25H. The summed E-state index contributed by atoms with van der Waals surface area (Å²) in [6.45, 7) is 0. The van der Waals surface area contributed by atoms with E-state index in [1.807, 2.05) is 60.7 Å². The maximum Gasteiger partial charge on any atom is 0.164 e. The Morgan fingerprint density at radius 3 is 1.00 bits per heavy atom. The van der Waals surface area contributed by atoms with Gasteiger partial charge in [0.2, 0.25) is 0 Å². The van der Waals surface area contributed by atoms with Crippen LogP contribution < -0.4 is 0 Å². The Morgan fingerprint density at radius 2 is 0.575 bits per heavy atom. The van der Waals surface area contributed by atoms with Gasteiger partial charge in [-0.1, -0.05) is 152 Å². The maximum atomic E-state index is 4.87. The van der Waals surface area contributed by atoms with Crippen LogP contribution >= 0.6 is 0 Å². The molecule has 6 aromatic carbocycles. The summed E-state index contributed by atoms with van der Waals surface area (Å²) in [5.41, 5.74) is 7.69. The van der Waals surface area contributed by atoms with Crippen molar-refractivity contribution in [3.05, 3.63) is 152 Å². The van der Waals surface area contributed by atoms with Gasteiger partial charge in [-0.2, -0.15) is 0 Å². The molecule has 0 aliphatic heterocycles. The monoisotopic (exact) mass is 511 g/mol. The van der Waals surface area contributed by atoms with E-state index in [1.165, 1.54) is 27.5 Å². The lowest BCUT2D eigenvalue weighted by molar-refractivity contribution is 1.07. The number of benzene rings is 6. The first-order chi connectivity index (χ1) is 19.8. The van der Waals surface area contributed by atoms with E-state index in [2.05, 4.69) is 91.0 Å². The van der Waals surface area contributed by atoms with Crippen LogP contribution in [0.5, 0.6) is 0 Å². The highest BCUT2D eigenvalue weighted by atomic mass is 15.0. The van der Waals surface area contributed by atoms with Crippen LogP contribution in [0.25, 0.3) is 67.2 Å². The van der Waals surface area contributed by atoms with Crippen molar-refractivity contribution in [3.8, 4) is 56.4 Å². The van der Waals surface area contributed by atoms with Crippen molar-refractivity contribution in [1.29, 1.82) is 0 Å². The molecule has 0 spiro atoms. The molecule has 1 aromatic heterocycles. The molecule has 1 heterocycles. The Labute approximate surface area is 233 Å². The molecule has 0 bridgehead atoms. The zero-order valence-electron chi connectivity index (χ0n) is 21.8. The molecule has 3 nitrogen and oxygen atoms in total. The minimum absolute atomic E-state index is 0.656. The van der Waals surface area contributed by atoms with Crippen LogP contribution in [0.4, 0.5) is 0 Å². The summed E-state index contributed by atoms with van der Waals surface area (Å²) >= 11 is 0. The van der Waals surface area contributed by atoms with E-state index >= 15 is 0 Å². The normalized spacial score (nSPS) is 11.0. The predicted octanol–water partition coefficient (Wildman–Crippen LogP) is 9.36. The lowest BCUT2D eigenvalue weighted by Crippen LogP contribution is -2.00. The summed E-state index contributed by atoms with van der Waals surface area (Å²) in [4.78, 5) is 14.6. The van der Waals surface area contributed by atoms with Crippen molar-refractivity contribution < 1.29 is 0 Å². The minimum Gasteiger partial charge on any atom is -0.208 e. The van der Waals surface area contributed by atoms with Crippen molar-refractivity contribution in [2.45, 2.75) is 0 Å². The van der Waals surface area contributed by atoms with Crippen LogP contribution in [-0.4, -0.2) is 15.0 Å². The Bertz CT molecular complexity index is 1860. The third-order valence-corrected chi connectivity index (χ3v) is 7.16. The Morgan fingerprint density at radius 1 is 0.250 bits per heavy atom. The Balaban J connectivity index is 1.31. The quantitative estimate of drug-likeness (QED) is 0.231. The topological polar surface area (TPSA) is 38.7 Å². The molecule has 7 aromatic rings. The Kier molecular flexibility index (Phi) is 6.15. The summed E-state index contributed by atoms with van der Waals surface area (Å²) in [7, 11) is 0. The van der Waals surface area contributed by atoms with E-state index in [0.29, 0.717) is 17.5 Å². The number of aromatic nitrogens is 3. The van der Waals surface area contributed by atoms with Gasteiger partial charge in [-0.25, -0.2) is 15.0 Å². The predicted molar refractivity (Wildman–Crippen MR) is 165 cm³/mol. The number of hydrogen-bond acceptors (Lipinski definition) is 3. The zero-order chi connectivity index (χ0) is 26.7. The average Bonchev–Trinajstić information content (AvgIpc) is 3.05. The summed E-state index contributed by atoms with van der Waals surface area (Å²) in [5, 5.41) is 2.47. The smallest absolute Gasteiger partial charge is 0.164 e. The summed E-state index contributed by atoms with van der Waals surface area (Å²) in [6.07, 6.45) is 0. The maximum absolute atomic E-state index is 4.87. The summed E-state index contributed by atoms with van der Waals surface area (Å²) < 4.78 is 0. The van der Waals surface area contributed by atoms with Crippen molar-refractivity contribution in [1.82, 2.24) is 15.0 Å². The van der Waals surface area contributed by atoms with E-state index in [9.17, 15) is 0 Å². The van der Waals surface area contributed by atoms with Crippen LogP contribution in [0.3, 0.4) is 0 Å². The highest BCUT2D eigenvalue weighted by Crippen LogP contribution is 2.35. The van der Waals surface area contributed by atoms with Gasteiger partial charge in [0, 0.05) is 16.7 Å². The molecule has 0 unspecified atom stereocenters. The van der Waals surface area contributed by atoms with E-state index in [-0.39, 0.29) is 0 Å². The van der Waals surface area contributed by atoms with Gasteiger partial charge in [0.15, 0.2) is 17.5 Å². The molecule has 0 aliphatic rings. The van der Waals surface area contributed by atoms with Crippen LogP contribution in [0.1, 0.15) is 0 Å². The van der Waals surface area contributed by atoms with Crippen LogP contribution in [-0.2, 0) is 0 Å². The van der Waals surface area contributed by atoms with Gasteiger partial charge in [0.1, 0.15) is 0 Å². The van der Waals surface area contributed by atoms with Crippen molar-refractivity contribution in [2.24, 2.45) is 0 Å². The third-order valence-electron chi connectivity index (χ3n) is 7.16. The largest absolute Gasteiger partial charge is 0.208 e. The average molecular weight is 512 g/mol. The molecular weight excluding hydrogens is 486 g/mol. The van der Waals surface area contributed by atoms with Gasteiger partial charge in [-0.15, -0.1) is 0 Å². The fourth-order valence-corrected chi connectivity index (χ4v) is 5.17. The van der Waals surface area contributed by atoms with E-state index in [0.717, 1.165) is 22.3 Å². The van der Waals surface area contributed by atoms with Crippen molar-refractivity contribution in [2.75, 3.05) is 0 Å². The lowest BCUT2D eigenvalue weighted by atomic mass is 9.92. The highest BCUT2D eigenvalue weighted by molar-refractivity contribution is 6.04. The molecule has 0 amide bonds. The zero-order valence-corrected chi connectivity index (χ0v) is 21.8. The first-order valence-corrected chi connectivity index (χ1v) is 13.4. The second-order valence-corrected chi connectivity index (χ2v) is 9.69. The van der Waals surface area contributed by atoms with E-state index in [1.54, 1.807) is 0 Å². The van der Waals surface area contributed by atoms with E-state index in [4.69, 9.17) is 15.0 Å². The molecule has 0 atom stereocenters. The number of hydrogen-bond donors (Lipinski definition) is 0. The molecule has 0 aliphatic carbocycles. The SMILES string of the molecule is c1ccc(-c2nc(-c3ccccc3)nc(-c3ccc(-c4cccc5c(-c6ccccc6)cccc45)cc3)n2)cc1. The molecule has 0 saturated carbocycles. The second-order valence-electron chi connectivity index (χ2n) is 9.69. The molecule has 188 valence electrons. The van der Waals surface area contributed by atoms with Gasteiger partial charge >= 0.3 is 0 Å². The Hall–Kier alpha value is -5.41. The third kappa shape index (κ3) is 4.55. The first kappa shape index (κ1) is 23.7. The lowest BCUT2D eigenvalue weighted by Gasteiger charge is -2.12. The van der Waals surface area contributed by atoms with Gasteiger partial charge in [0.25, 0.3) is 0 Å². The molecule has 40 heavy (non-hydrogen) atoms. The number of rotatable bonds is 5. The van der Waals surface area contributed by atoms with Gasteiger partial charge in [-0.05, 0) is 33.0 Å². The molecular formula is C37H25N3. The van der Waals surface area contributed by atoms with Crippen LogP contribution in [0.15, 0.2) is 152 Å². The van der Waals surface area contributed by atoms with Gasteiger partial charge in [-0.3, -0.25) is 0 Å². The fraction of sp³-hybridized carbons (Fsp3) is 0. The van der Waals surface area contributed by atoms with Crippen LogP contribution in [0.2, 0.25) is 0 Å². The van der Waals surface area contributed by atoms with Crippen molar-refractivity contribution in [3.63, 3.8) is 0 Å². The van der Waals surface area contributed by atoms with E-state index < -0.39 is 0 Å². The molecule has 0 N–H and O–H groups in total. The van der Waals surface area contributed by atoms with Crippen LogP contribution in [0, 0.1) is 0 Å². The minimum atomic E-state index is 0.656. The van der Waals surface area contributed by atoms with Gasteiger partial charge < -0.3 is 0 Å². The first-order valence-electron chi connectivity index (χ1n) is 13.4. The number of fused-ring (bicyclic) bond motifs is 1. The molecule has 7 rings (SSSR count). The molecule has 0 saturated heterocycles. The molecule has 0 fully saturated rings. The number of nitrogens with zero attached hydrogens (tertiary/aromatic N) is 3. The molecule has 3 heteroatoms. The molecule has 0 radical (unpaired) electrons. The van der Waals surface area contributed by atoms with Gasteiger partial charge in [0.05, 0.1) is 0 Å². The van der Waals surface area contributed by atoms with Crippen molar-refractivity contribution >= 4 is 10.8 Å². The fourth-order valence-electron chi connectivity index (χ4n) is 5.17.